The maximum atomic E-state index is 13.3. The number of nitrogens with zero attached hydrogens (tertiary/aromatic N) is 1. The van der Waals surface area contributed by atoms with Crippen molar-refractivity contribution >= 4 is 23.5 Å². The molecule has 0 radical (unpaired) electrons. The Hall–Kier alpha value is -2.47. The quantitative estimate of drug-likeness (QED) is 0.775. The second-order valence-electron chi connectivity index (χ2n) is 6.01. The molecule has 3 rings (SSSR count). The highest BCUT2D eigenvalue weighted by Gasteiger charge is 2.32. The van der Waals surface area contributed by atoms with Gasteiger partial charge in [0.1, 0.15) is 16.5 Å². The lowest BCUT2D eigenvalue weighted by molar-refractivity contribution is 0.0695. The fourth-order valence-electron chi connectivity index (χ4n) is 3.39. The third kappa shape index (κ3) is 3.22. The number of halogens is 2. The SMILES string of the molecule is O=C(O)c1c(Cl)nc(C2CCCC2)c(C(=O)O)c1-c1ccc(F)cc1. The van der Waals surface area contributed by atoms with E-state index in [4.69, 9.17) is 11.6 Å². The van der Waals surface area contributed by atoms with Crippen LogP contribution in [0.25, 0.3) is 11.1 Å². The van der Waals surface area contributed by atoms with Crippen LogP contribution in [0.4, 0.5) is 4.39 Å². The summed E-state index contributed by atoms with van der Waals surface area (Å²) >= 11 is 6.11. The summed E-state index contributed by atoms with van der Waals surface area (Å²) in [7, 11) is 0. The monoisotopic (exact) mass is 363 g/mol. The first-order valence-electron chi connectivity index (χ1n) is 7.86. The Labute approximate surface area is 148 Å². The van der Waals surface area contributed by atoms with E-state index in [-0.39, 0.29) is 33.3 Å². The van der Waals surface area contributed by atoms with Gasteiger partial charge in [-0.25, -0.2) is 19.0 Å². The number of hydrogen-bond acceptors (Lipinski definition) is 3. The number of pyridine rings is 1. The minimum Gasteiger partial charge on any atom is -0.478 e. The van der Waals surface area contributed by atoms with Crippen LogP contribution >= 0.6 is 11.6 Å². The fourth-order valence-corrected chi connectivity index (χ4v) is 3.65. The number of benzene rings is 1. The molecule has 2 aromatic rings. The molecule has 0 amide bonds. The highest BCUT2D eigenvalue weighted by molar-refractivity contribution is 6.33. The standard InChI is InChI=1S/C18H15ClFNO4/c19-16-14(18(24)25)12(9-5-7-11(20)8-6-9)13(17(22)23)15(21-16)10-3-1-2-4-10/h5-8,10H,1-4H2,(H,22,23)(H,24,25). The molecule has 1 saturated carbocycles. The first-order chi connectivity index (χ1) is 11.9. The van der Waals surface area contributed by atoms with Crippen LogP contribution in [-0.4, -0.2) is 27.1 Å². The topological polar surface area (TPSA) is 87.5 Å². The van der Waals surface area contributed by atoms with E-state index in [9.17, 15) is 24.2 Å². The molecule has 0 spiro atoms. The predicted molar refractivity (Wildman–Crippen MR) is 89.8 cm³/mol. The molecular formula is C18H15ClFNO4. The zero-order chi connectivity index (χ0) is 18.1. The van der Waals surface area contributed by atoms with Gasteiger partial charge in [0.05, 0.1) is 11.3 Å². The molecule has 2 N–H and O–H groups in total. The molecule has 1 aromatic heterocycles. The second-order valence-corrected chi connectivity index (χ2v) is 6.37. The summed E-state index contributed by atoms with van der Waals surface area (Å²) in [6.45, 7) is 0. The molecule has 25 heavy (non-hydrogen) atoms. The molecule has 0 atom stereocenters. The van der Waals surface area contributed by atoms with Gasteiger partial charge in [-0.2, -0.15) is 0 Å². The van der Waals surface area contributed by atoms with E-state index in [1.165, 1.54) is 12.1 Å². The second kappa shape index (κ2) is 6.80. The summed E-state index contributed by atoms with van der Waals surface area (Å²) in [6.07, 6.45) is 3.46. The smallest absolute Gasteiger partial charge is 0.339 e. The third-order valence-electron chi connectivity index (χ3n) is 4.48. The Morgan fingerprint density at radius 3 is 2.12 bits per heavy atom. The maximum absolute atomic E-state index is 13.3. The van der Waals surface area contributed by atoms with Gasteiger partial charge in [0.2, 0.25) is 0 Å². The maximum Gasteiger partial charge on any atom is 0.339 e. The number of aromatic carboxylic acids is 2. The summed E-state index contributed by atoms with van der Waals surface area (Å²) in [5.74, 6) is -3.23. The van der Waals surface area contributed by atoms with Gasteiger partial charge in [0.15, 0.2) is 0 Å². The third-order valence-corrected chi connectivity index (χ3v) is 4.76. The molecule has 5 nitrogen and oxygen atoms in total. The molecule has 1 aliphatic rings. The summed E-state index contributed by atoms with van der Waals surface area (Å²) < 4.78 is 13.3. The highest BCUT2D eigenvalue weighted by atomic mass is 35.5. The van der Waals surface area contributed by atoms with Crippen LogP contribution in [0.2, 0.25) is 5.15 Å². The largest absolute Gasteiger partial charge is 0.478 e. The molecular weight excluding hydrogens is 349 g/mol. The van der Waals surface area contributed by atoms with Gasteiger partial charge in [-0.15, -0.1) is 0 Å². The van der Waals surface area contributed by atoms with Crippen molar-refractivity contribution in [2.75, 3.05) is 0 Å². The molecule has 1 aromatic carbocycles. The van der Waals surface area contributed by atoms with Crippen LogP contribution in [-0.2, 0) is 0 Å². The minimum atomic E-state index is -1.38. The molecule has 0 aliphatic heterocycles. The number of hydrogen-bond donors (Lipinski definition) is 2. The molecule has 0 saturated heterocycles. The van der Waals surface area contributed by atoms with Crippen LogP contribution < -0.4 is 0 Å². The van der Waals surface area contributed by atoms with Crippen LogP contribution in [0.1, 0.15) is 58.0 Å². The predicted octanol–water partition coefficient (Wildman–Crippen LogP) is 4.60. The van der Waals surface area contributed by atoms with Crippen LogP contribution in [0.3, 0.4) is 0 Å². The van der Waals surface area contributed by atoms with Crippen molar-refractivity contribution in [3.05, 3.63) is 52.1 Å². The first kappa shape index (κ1) is 17.4. The van der Waals surface area contributed by atoms with Crippen molar-refractivity contribution in [3.63, 3.8) is 0 Å². The Morgan fingerprint density at radius 1 is 1.04 bits per heavy atom. The Morgan fingerprint density at radius 2 is 1.60 bits per heavy atom. The lowest BCUT2D eigenvalue weighted by Gasteiger charge is -2.18. The van der Waals surface area contributed by atoms with Gasteiger partial charge in [-0.3, -0.25) is 0 Å². The number of rotatable bonds is 4. The van der Waals surface area contributed by atoms with E-state index < -0.39 is 17.8 Å². The number of carboxylic acid groups (broad SMARTS) is 2. The van der Waals surface area contributed by atoms with Gasteiger partial charge in [-0.05, 0) is 30.5 Å². The van der Waals surface area contributed by atoms with Crippen molar-refractivity contribution in [2.24, 2.45) is 0 Å². The van der Waals surface area contributed by atoms with E-state index in [2.05, 4.69) is 4.98 Å². The molecule has 1 fully saturated rings. The van der Waals surface area contributed by atoms with Crippen molar-refractivity contribution < 1.29 is 24.2 Å². The van der Waals surface area contributed by atoms with Gasteiger partial charge >= 0.3 is 11.9 Å². The van der Waals surface area contributed by atoms with Crippen LogP contribution in [0.5, 0.6) is 0 Å². The molecule has 7 heteroatoms. The summed E-state index contributed by atoms with van der Waals surface area (Å²) in [4.78, 5) is 27.8. The minimum absolute atomic E-state index is 0.0260. The van der Waals surface area contributed by atoms with Crippen molar-refractivity contribution in [3.8, 4) is 11.1 Å². The Bertz CT molecular complexity index is 845. The zero-order valence-corrected chi connectivity index (χ0v) is 13.9. The van der Waals surface area contributed by atoms with Gasteiger partial charge < -0.3 is 10.2 Å². The number of aromatic nitrogens is 1. The summed E-state index contributed by atoms with van der Waals surface area (Å²) in [5.41, 5.74) is 0.00806. The lowest BCUT2D eigenvalue weighted by atomic mass is 9.89. The lowest BCUT2D eigenvalue weighted by Crippen LogP contribution is -2.15. The number of carbonyl (C=O) groups is 2. The average molecular weight is 364 g/mol. The Kier molecular flexibility index (Phi) is 4.72. The van der Waals surface area contributed by atoms with Crippen molar-refractivity contribution in [2.45, 2.75) is 31.6 Å². The van der Waals surface area contributed by atoms with E-state index in [1.807, 2.05) is 0 Å². The molecule has 1 aliphatic carbocycles. The van der Waals surface area contributed by atoms with Gasteiger partial charge in [0.25, 0.3) is 0 Å². The highest BCUT2D eigenvalue weighted by Crippen LogP contribution is 2.41. The average Bonchev–Trinajstić information content (AvgIpc) is 3.08. The summed E-state index contributed by atoms with van der Waals surface area (Å²) in [5, 5.41) is 19.1. The van der Waals surface area contributed by atoms with Gasteiger partial charge in [-0.1, -0.05) is 36.6 Å². The molecule has 0 bridgehead atoms. The molecule has 1 heterocycles. The first-order valence-corrected chi connectivity index (χ1v) is 8.24. The fraction of sp³-hybridized carbons (Fsp3) is 0.278. The normalized spacial score (nSPS) is 14.6. The molecule has 130 valence electrons. The van der Waals surface area contributed by atoms with E-state index in [1.54, 1.807) is 0 Å². The van der Waals surface area contributed by atoms with Crippen LogP contribution in [0.15, 0.2) is 24.3 Å². The number of carboxylic acids is 2. The summed E-state index contributed by atoms with van der Waals surface area (Å²) in [6, 6.07) is 4.99. The van der Waals surface area contributed by atoms with Gasteiger partial charge in [0, 0.05) is 11.5 Å². The van der Waals surface area contributed by atoms with E-state index >= 15 is 0 Å². The molecule has 0 unspecified atom stereocenters. The van der Waals surface area contributed by atoms with E-state index in [0.717, 1.165) is 37.8 Å². The van der Waals surface area contributed by atoms with Crippen molar-refractivity contribution in [1.29, 1.82) is 0 Å². The van der Waals surface area contributed by atoms with Crippen LogP contribution in [0, 0.1) is 5.82 Å². The zero-order valence-electron chi connectivity index (χ0n) is 13.1. The Balaban J connectivity index is 2.36. The van der Waals surface area contributed by atoms with E-state index in [0.29, 0.717) is 5.69 Å². The van der Waals surface area contributed by atoms with Crippen molar-refractivity contribution in [1.82, 2.24) is 4.98 Å².